The minimum atomic E-state index is -0.345. The number of carbonyl (C=O) groups excluding carboxylic acids is 2. The molecule has 0 fully saturated rings. The van der Waals surface area contributed by atoms with Gasteiger partial charge in [0.25, 0.3) is 0 Å². The van der Waals surface area contributed by atoms with Crippen LogP contribution in [0.5, 0.6) is 0 Å². The van der Waals surface area contributed by atoms with Gasteiger partial charge in [0, 0.05) is 24.3 Å². The summed E-state index contributed by atoms with van der Waals surface area (Å²) in [5.41, 5.74) is 1.81. The second-order valence-electron chi connectivity index (χ2n) is 8.80. The van der Waals surface area contributed by atoms with Crippen LogP contribution >= 0.6 is 23.1 Å². The molecule has 2 atom stereocenters. The molecule has 0 radical (unpaired) electrons. The molecule has 6 nitrogen and oxygen atoms in total. The van der Waals surface area contributed by atoms with Gasteiger partial charge in [-0.1, -0.05) is 32.5 Å². The number of amides is 1. The third-order valence-electron chi connectivity index (χ3n) is 5.63. The smallest absolute Gasteiger partial charge is 0.341 e. The third-order valence-corrected chi connectivity index (χ3v) is 7.98. The van der Waals surface area contributed by atoms with Crippen molar-refractivity contribution in [1.29, 1.82) is 0 Å². The molecule has 8 heteroatoms. The first-order valence-electron chi connectivity index (χ1n) is 10.4. The fourth-order valence-corrected chi connectivity index (χ4v) is 5.87. The van der Waals surface area contributed by atoms with Crippen LogP contribution in [0, 0.1) is 11.3 Å². The molecule has 2 aromatic heterocycles. The Hall–Kier alpha value is -1.80. The van der Waals surface area contributed by atoms with Crippen molar-refractivity contribution >= 4 is 40.0 Å². The van der Waals surface area contributed by atoms with Crippen molar-refractivity contribution in [2.24, 2.45) is 18.4 Å². The summed E-state index contributed by atoms with van der Waals surface area (Å²) in [5, 5.41) is 4.06. The van der Waals surface area contributed by atoms with Crippen molar-refractivity contribution in [3.8, 4) is 0 Å². The van der Waals surface area contributed by atoms with E-state index in [-0.39, 0.29) is 22.5 Å². The van der Waals surface area contributed by atoms with Crippen molar-refractivity contribution < 1.29 is 14.3 Å². The zero-order chi connectivity index (χ0) is 22.1. The largest absolute Gasteiger partial charge is 0.462 e. The molecule has 164 valence electrons. The van der Waals surface area contributed by atoms with Gasteiger partial charge in [-0.15, -0.1) is 11.3 Å². The number of imidazole rings is 1. The van der Waals surface area contributed by atoms with Crippen molar-refractivity contribution in [2.75, 3.05) is 11.9 Å². The quantitative estimate of drug-likeness (QED) is 0.500. The van der Waals surface area contributed by atoms with Crippen LogP contribution in [0.25, 0.3) is 0 Å². The number of aromatic nitrogens is 2. The van der Waals surface area contributed by atoms with E-state index in [0.717, 1.165) is 30.0 Å². The van der Waals surface area contributed by atoms with E-state index in [2.05, 4.69) is 31.1 Å². The SMILES string of the molecule is CCOC(=O)c1c(NC(=O)C(C)Sc2nccn2C)sc2c1CCC(C(C)(C)C)C2. The van der Waals surface area contributed by atoms with Crippen LogP contribution in [0.3, 0.4) is 0 Å². The number of hydrogen-bond acceptors (Lipinski definition) is 6. The number of ether oxygens (including phenoxy) is 1. The monoisotopic (exact) mass is 449 g/mol. The van der Waals surface area contributed by atoms with Gasteiger partial charge in [-0.05, 0) is 50.0 Å². The van der Waals surface area contributed by atoms with Crippen molar-refractivity contribution in [1.82, 2.24) is 9.55 Å². The molecule has 1 aliphatic carbocycles. The van der Waals surface area contributed by atoms with Crippen molar-refractivity contribution in [3.05, 3.63) is 28.4 Å². The second kappa shape index (κ2) is 9.14. The Bertz CT molecular complexity index is 927. The lowest BCUT2D eigenvalue weighted by molar-refractivity contribution is -0.115. The molecule has 3 rings (SSSR count). The highest BCUT2D eigenvalue weighted by Crippen LogP contribution is 2.44. The summed E-state index contributed by atoms with van der Waals surface area (Å²) in [5.74, 6) is 0.0728. The molecule has 0 aliphatic heterocycles. The van der Waals surface area contributed by atoms with E-state index in [1.54, 1.807) is 13.1 Å². The van der Waals surface area contributed by atoms with Gasteiger partial charge in [0.05, 0.1) is 17.4 Å². The zero-order valence-corrected chi connectivity index (χ0v) is 20.2. The molecule has 0 bridgehead atoms. The summed E-state index contributed by atoms with van der Waals surface area (Å²) in [6, 6.07) is 0. The molecule has 0 spiro atoms. The fourth-order valence-electron chi connectivity index (χ4n) is 3.72. The number of anilines is 1. The minimum absolute atomic E-state index is 0.139. The van der Waals surface area contributed by atoms with E-state index in [1.165, 1.54) is 28.0 Å². The summed E-state index contributed by atoms with van der Waals surface area (Å²) >= 11 is 2.93. The van der Waals surface area contributed by atoms with Gasteiger partial charge in [-0.25, -0.2) is 9.78 Å². The number of carbonyl (C=O) groups is 2. The van der Waals surface area contributed by atoms with Crippen LogP contribution in [-0.2, 0) is 29.4 Å². The van der Waals surface area contributed by atoms with Gasteiger partial charge in [-0.2, -0.15) is 0 Å². The Kier molecular flexibility index (Phi) is 6.97. The summed E-state index contributed by atoms with van der Waals surface area (Å²) in [6.07, 6.45) is 6.38. The van der Waals surface area contributed by atoms with Crippen LogP contribution < -0.4 is 5.32 Å². The molecule has 1 aliphatic rings. The number of thioether (sulfide) groups is 1. The standard InChI is InChI=1S/C22H31N3O3S2/c1-7-28-20(27)17-15-9-8-14(22(3,4)5)12-16(15)30-19(17)24-18(26)13(2)29-21-23-10-11-25(21)6/h10-11,13-14H,7-9,12H2,1-6H3,(H,24,26). The number of hydrogen-bond donors (Lipinski definition) is 1. The van der Waals surface area contributed by atoms with Crippen LogP contribution in [0.15, 0.2) is 17.6 Å². The van der Waals surface area contributed by atoms with Gasteiger partial charge < -0.3 is 14.6 Å². The number of aryl methyl sites for hydroxylation is 1. The Balaban J connectivity index is 1.84. The third kappa shape index (κ3) is 4.91. The highest BCUT2D eigenvalue weighted by Gasteiger charge is 2.34. The van der Waals surface area contributed by atoms with E-state index in [9.17, 15) is 9.59 Å². The molecule has 30 heavy (non-hydrogen) atoms. The molecule has 2 aromatic rings. The molecular weight excluding hydrogens is 418 g/mol. The lowest BCUT2D eigenvalue weighted by atomic mass is 9.72. The highest BCUT2D eigenvalue weighted by molar-refractivity contribution is 8.00. The first kappa shape index (κ1) is 22.9. The topological polar surface area (TPSA) is 73.2 Å². The molecule has 2 heterocycles. The average molecular weight is 450 g/mol. The molecular formula is C22H31N3O3S2. The number of fused-ring (bicyclic) bond motifs is 1. The lowest BCUT2D eigenvalue weighted by Gasteiger charge is -2.33. The second-order valence-corrected chi connectivity index (χ2v) is 11.2. The average Bonchev–Trinajstić information content (AvgIpc) is 3.23. The van der Waals surface area contributed by atoms with Crippen molar-refractivity contribution in [2.45, 2.75) is 64.3 Å². The predicted octanol–water partition coefficient (Wildman–Crippen LogP) is 4.93. The maximum atomic E-state index is 12.9. The number of nitrogens with zero attached hydrogens (tertiary/aromatic N) is 2. The van der Waals surface area contributed by atoms with Gasteiger partial charge in [0.2, 0.25) is 5.91 Å². The van der Waals surface area contributed by atoms with E-state index in [1.807, 2.05) is 24.7 Å². The minimum Gasteiger partial charge on any atom is -0.462 e. The molecule has 2 unspecified atom stereocenters. The first-order valence-corrected chi connectivity index (χ1v) is 12.1. The van der Waals surface area contributed by atoms with Crippen LogP contribution in [0.2, 0.25) is 0 Å². The van der Waals surface area contributed by atoms with Crippen LogP contribution in [0.4, 0.5) is 5.00 Å². The van der Waals surface area contributed by atoms with E-state index in [0.29, 0.717) is 23.1 Å². The van der Waals surface area contributed by atoms with E-state index < -0.39 is 0 Å². The Morgan fingerprint density at radius 1 is 1.43 bits per heavy atom. The van der Waals surface area contributed by atoms with E-state index in [4.69, 9.17) is 4.74 Å². The fraction of sp³-hybridized carbons (Fsp3) is 0.591. The zero-order valence-electron chi connectivity index (χ0n) is 18.6. The lowest BCUT2D eigenvalue weighted by Crippen LogP contribution is -2.27. The maximum absolute atomic E-state index is 12.9. The summed E-state index contributed by atoms with van der Waals surface area (Å²) in [4.78, 5) is 31.1. The Morgan fingerprint density at radius 3 is 2.77 bits per heavy atom. The van der Waals surface area contributed by atoms with Crippen molar-refractivity contribution in [3.63, 3.8) is 0 Å². The first-order chi connectivity index (χ1) is 14.1. The maximum Gasteiger partial charge on any atom is 0.341 e. The number of esters is 1. The summed E-state index contributed by atoms with van der Waals surface area (Å²) < 4.78 is 7.21. The normalized spacial score (nSPS) is 17.3. The van der Waals surface area contributed by atoms with Gasteiger partial charge in [0.15, 0.2) is 5.16 Å². The Labute approximate surface area is 186 Å². The number of thiophene rings is 1. The highest BCUT2D eigenvalue weighted by atomic mass is 32.2. The summed E-state index contributed by atoms with van der Waals surface area (Å²) in [6.45, 7) is 10.8. The predicted molar refractivity (Wildman–Crippen MR) is 122 cm³/mol. The molecule has 1 amide bonds. The van der Waals surface area contributed by atoms with Gasteiger partial charge >= 0.3 is 5.97 Å². The number of rotatable bonds is 6. The molecule has 0 aromatic carbocycles. The van der Waals surface area contributed by atoms with Gasteiger partial charge in [-0.3, -0.25) is 4.79 Å². The molecule has 1 N–H and O–H groups in total. The van der Waals surface area contributed by atoms with Gasteiger partial charge in [0.1, 0.15) is 5.00 Å². The Morgan fingerprint density at radius 2 is 2.17 bits per heavy atom. The van der Waals surface area contributed by atoms with Crippen LogP contribution in [-0.4, -0.2) is 33.3 Å². The summed E-state index contributed by atoms with van der Waals surface area (Å²) in [7, 11) is 1.90. The van der Waals surface area contributed by atoms with Crippen LogP contribution in [0.1, 0.15) is 61.8 Å². The molecule has 0 saturated carbocycles. The van der Waals surface area contributed by atoms with E-state index >= 15 is 0 Å². The molecule has 0 saturated heterocycles. The number of nitrogens with one attached hydrogen (secondary N) is 1.